The molecule has 1 aliphatic heterocycles. The summed E-state index contributed by atoms with van der Waals surface area (Å²) in [6.45, 7) is 0.718. The summed E-state index contributed by atoms with van der Waals surface area (Å²) in [5.41, 5.74) is -0.892. The topological polar surface area (TPSA) is 55.3 Å². The van der Waals surface area contributed by atoms with Crippen molar-refractivity contribution in [2.24, 2.45) is 5.92 Å². The highest BCUT2D eigenvalue weighted by Crippen LogP contribution is 2.29. The molecule has 0 atom stereocenters. The van der Waals surface area contributed by atoms with E-state index in [0.717, 1.165) is 12.4 Å². The smallest absolute Gasteiger partial charge is 0.419 e. The van der Waals surface area contributed by atoms with Gasteiger partial charge in [0.2, 0.25) is 5.95 Å². The molecule has 1 aliphatic rings. The highest BCUT2D eigenvalue weighted by atomic mass is 19.4. The van der Waals surface area contributed by atoms with E-state index >= 15 is 0 Å². The Hall–Kier alpha value is -1.86. The van der Waals surface area contributed by atoms with Crippen molar-refractivity contribution >= 4 is 11.9 Å². The zero-order valence-corrected chi connectivity index (χ0v) is 9.44. The molecule has 0 bridgehead atoms. The average Bonchev–Trinajstić information content (AvgIpc) is 2.26. The Morgan fingerprint density at radius 2 is 1.94 bits per heavy atom. The molecule has 8 heteroatoms. The zero-order valence-electron chi connectivity index (χ0n) is 9.44. The fourth-order valence-electron chi connectivity index (χ4n) is 1.59. The van der Waals surface area contributed by atoms with Gasteiger partial charge < -0.3 is 9.64 Å². The van der Waals surface area contributed by atoms with Crippen LogP contribution in [0.2, 0.25) is 0 Å². The van der Waals surface area contributed by atoms with Crippen molar-refractivity contribution in [3.05, 3.63) is 18.0 Å². The molecule has 0 amide bonds. The number of hydrogen-bond donors (Lipinski definition) is 0. The monoisotopic (exact) mass is 261 g/mol. The Kier molecular flexibility index (Phi) is 3.10. The first-order chi connectivity index (χ1) is 8.41. The van der Waals surface area contributed by atoms with Crippen LogP contribution in [-0.4, -0.2) is 36.1 Å². The lowest BCUT2D eigenvalue weighted by Crippen LogP contribution is -2.51. The maximum Gasteiger partial charge on any atom is 0.419 e. The maximum atomic E-state index is 12.3. The number of alkyl halides is 3. The normalized spacial score (nSPS) is 16.3. The number of halogens is 3. The quantitative estimate of drug-likeness (QED) is 0.746. The van der Waals surface area contributed by atoms with Gasteiger partial charge in [-0.25, -0.2) is 9.97 Å². The van der Waals surface area contributed by atoms with Gasteiger partial charge in [0.15, 0.2) is 0 Å². The molecular formula is C10H10F3N3O2. The van der Waals surface area contributed by atoms with Gasteiger partial charge in [-0.05, 0) is 0 Å². The van der Waals surface area contributed by atoms with Crippen LogP contribution in [-0.2, 0) is 15.7 Å². The molecule has 0 N–H and O–H groups in total. The lowest BCUT2D eigenvalue weighted by atomic mass is 10.0. The van der Waals surface area contributed by atoms with Crippen molar-refractivity contribution in [3.8, 4) is 0 Å². The molecule has 18 heavy (non-hydrogen) atoms. The number of anilines is 1. The summed E-state index contributed by atoms with van der Waals surface area (Å²) in [7, 11) is 1.29. The number of ether oxygens (including phenoxy) is 1. The minimum Gasteiger partial charge on any atom is -0.469 e. The number of methoxy groups -OCH3 is 1. The van der Waals surface area contributed by atoms with Crippen molar-refractivity contribution in [1.82, 2.24) is 9.97 Å². The summed E-state index contributed by atoms with van der Waals surface area (Å²) < 4.78 is 41.4. The summed E-state index contributed by atoms with van der Waals surface area (Å²) in [6, 6.07) is 0. The van der Waals surface area contributed by atoms with Gasteiger partial charge >= 0.3 is 12.1 Å². The Morgan fingerprint density at radius 3 is 2.39 bits per heavy atom. The second-order valence-corrected chi connectivity index (χ2v) is 3.89. The molecule has 0 radical (unpaired) electrons. The largest absolute Gasteiger partial charge is 0.469 e. The van der Waals surface area contributed by atoms with Crippen molar-refractivity contribution in [1.29, 1.82) is 0 Å². The third kappa shape index (κ3) is 2.36. The van der Waals surface area contributed by atoms with Crippen LogP contribution in [0.5, 0.6) is 0 Å². The van der Waals surface area contributed by atoms with Crippen LogP contribution >= 0.6 is 0 Å². The van der Waals surface area contributed by atoms with Gasteiger partial charge in [0, 0.05) is 25.5 Å². The van der Waals surface area contributed by atoms with Crippen molar-refractivity contribution < 1.29 is 22.7 Å². The third-order valence-electron chi connectivity index (χ3n) is 2.66. The minimum absolute atomic E-state index is 0.183. The van der Waals surface area contributed by atoms with Gasteiger partial charge in [-0.3, -0.25) is 4.79 Å². The van der Waals surface area contributed by atoms with E-state index in [0.29, 0.717) is 13.1 Å². The predicted molar refractivity (Wildman–Crippen MR) is 54.8 cm³/mol. The fourth-order valence-corrected chi connectivity index (χ4v) is 1.59. The van der Waals surface area contributed by atoms with E-state index in [1.807, 2.05) is 0 Å². The van der Waals surface area contributed by atoms with Gasteiger partial charge in [0.05, 0.1) is 18.6 Å². The molecule has 0 saturated carbocycles. The number of carbonyl (C=O) groups is 1. The summed E-state index contributed by atoms with van der Waals surface area (Å²) in [6.07, 6.45) is -2.98. The zero-order chi connectivity index (χ0) is 13.3. The molecule has 1 saturated heterocycles. The van der Waals surface area contributed by atoms with E-state index in [4.69, 9.17) is 0 Å². The molecule has 2 rings (SSSR count). The van der Waals surface area contributed by atoms with E-state index in [1.165, 1.54) is 7.11 Å². The number of nitrogens with zero attached hydrogens (tertiary/aromatic N) is 3. The molecule has 2 heterocycles. The molecule has 1 aromatic rings. The molecule has 0 spiro atoms. The maximum absolute atomic E-state index is 12.3. The standard InChI is InChI=1S/C10H10F3N3O2/c1-18-8(17)6-4-16(5-6)9-14-2-7(3-15-9)10(11,12)13/h2-3,6H,4-5H2,1H3. The Balaban J connectivity index is 1.99. The van der Waals surface area contributed by atoms with Gasteiger partial charge in [-0.15, -0.1) is 0 Å². The van der Waals surface area contributed by atoms with Crippen LogP contribution < -0.4 is 4.90 Å². The molecule has 0 aromatic carbocycles. The number of hydrogen-bond acceptors (Lipinski definition) is 5. The van der Waals surface area contributed by atoms with E-state index in [2.05, 4.69) is 14.7 Å². The lowest BCUT2D eigenvalue weighted by Gasteiger charge is -2.37. The third-order valence-corrected chi connectivity index (χ3v) is 2.66. The lowest BCUT2D eigenvalue weighted by molar-refractivity contribution is -0.146. The fraction of sp³-hybridized carbons (Fsp3) is 0.500. The summed E-state index contributed by atoms with van der Waals surface area (Å²) in [5, 5.41) is 0. The first kappa shape index (κ1) is 12.6. The van der Waals surface area contributed by atoms with E-state index in [-0.39, 0.29) is 17.8 Å². The molecule has 1 aromatic heterocycles. The van der Waals surface area contributed by atoms with E-state index in [9.17, 15) is 18.0 Å². The van der Waals surface area contributed by atoms with Crippen molar-refractivity contribution in [2.75, 3.05) is 25.1 Å². The minimum atomic E-state index is -4.44. The average molecular weight is 261 g/mol. The van der Waals surface area contributed by atoms with Crippen LogP contribution in [0.15, 0.2) is 12.4 Å². The van der Waals surface area contributed by atoms with Crippen molar-refractivity contribution in [3.63, 3.8) is 0 Å². The van der Waals surface area contributed by atoms with Crippen LogP contribution in [0.4, 0.5) is 19.1 Å². The van der Waals surface area contributed by atoms with Crippen LogP contribution in [0.3, 0.4) is 0 Å². The molecular weight excluding hydrogens is 251 g/mol. The molecule has 0 aliphatic carbocycles. The number of carbonyl (C=O) groups excluding carboxylic acids is 1. The number of esters is 1. The summed E-state index contributed by atoms with van der Waals surface area (Å²) in [4.78, 5) is 20.0. The summed E-state index contributed by atoms with van der Waals surface area (Å²) in [5.74, 6) is -0.415. The van der Waals surface area contributed by atoms with E-state index < -0.39 is 11.7 Å². The number of aromatic nitrogens is 2. The predicted octanol–water partition coefficient (Wildman–Crippen LogP) is 1.10. The highest BCUT2D eigenvalue weighted by molar-refractivity contribution is 5.75. The first-order valence-corrected chi connectivity index (χ1v) is 5.14. The highest BCUT2D eigenvalue weighted by Gasteiger charge is 2.36. The molecule has 0 unspecified atom stereocenters. The van der Waals surface area contributed by atoms with Gasteiger partial charge in [-0.2, -0.15) is 13.2 Å². The second kappa shape index (κ2) is 4.43. The Labute approximate surface area is 101 Å². The Morgan fingerprint density at radius 1 is 1.39 bits per heavy atom. The van der Waals surface area contributed by atoms with Gasteiger partial charge in [-0.1, -0.05) is 0 Å². The second-order valence-electron chi connectivity index (χ2n) is 3.89. The van der Waals surface area contributed by atoms with E-state index in [1.54, 1.807) is 4.90 Å². The Bertz CT molecular complexity index is 441. The van der Waals surface area contributed by atoms with Crippen LogP contribution in [0, 0.1) is 5.92 Å². The van der Waals surface area contributed by atoms with Crippen molar-refractivity contribution in [2.45, 2.75) is 6.18 Å². The van der Waals surface area contributed by atoms with Crippen LogP contribution in [0.25, 0.3) is 0 Å². The molecule has 1 fully saturated rings. The molecule has 5 nitrogen and oxygen atoms in total. The number of rotatable bonds is 2. The van der Waals surface area contributed by atoms with Gasteiger partial charge in [0.25, 0.3) is 0 Å². The van der Waals surface area contributed by atoms with Crippen LogP contribution in [0.1, 0.15) is 5.56 Å². The summed E-state index contributed by atoms with van der Waals surface area (Å²) >= 11 is 0. The first-order valence-electron chi connectivity index (χ1n) is 5.14. The SMILES string of the molecule is COC(=O)C1CN(c2ncc(C(F)(F)F)cn2)C1. The van der Waals surface area contributed by atoms with Gasteiger partial charge in [0.1, 0.15) is 0 Å². The molecule has 98 valence electrons.